The van der Waals surface area contributed by atoms with E-state index in [1.807, 2.05) is 6.07 Å². The van der Waals surface area contributed by atoms with Crippen molar-refractivity contribution in [2.45, 2.75) is 38.1 Å². The van der Waals surface area contributed by atoms with Gasteiger partial charge in [0.25, 0.3) is 0 Å². The third-order valence-corrected chi connectivity index (χ3v) is 3.34. The summed E-state index contributed by atoms with van der Waals surface area (Å²) < 4.78 is 0. The molecule has 0 heterocycles. The van der Waals surface area contributed by atoms with Gasteiger partial charge in [-0.3, -0.25) is 4.79 Å². The van der Waals surface area contributed by atoms with Crippen molar-refractivity contribution in [2.24, 2.45) is 0 Å². The van der Waals surface area contributed by atoms with Crippen molar-refractivity contribution >= 4 is 23.6 Å². The van der Waals surface area contributed by atoms with Gasteiger partial charge in [0.1, 0.15) is 0 Å². The molecule has 16 heavy (non-hydrogen) atoms. The first-order valence-electron chi connectivity index (χ1n) is 5.81. The van der Waals surface area contributed by atoms with Crippen LogP contribution in [0.2, 0.25) is 5.02 Å². The number of aldehydes is 1. The fourth-order valence-corrected chi connectivity index (χ4v) is 2.40. The Labute approximate surface area is 101 Å². The third kappa shape index (κ3) is 2.76. The van der Waals surface area contributed by atoms with Crippen molar-refractivity contribution in [3.63, 3.8) is 0 Å². The highest BCUT2D eigenvalue weighted by Crippen LogP contribution is 2.25. The quantitative estimate of drug-likeness (QED) is 0.808. The van der Waals surface area contributed by atoms with Crippen LogP contribution in [0.25, 0.3) is 0 Å². The van der Waals surface area contributed by atoms with E-state index in [1.165, 1.54) is 32.1 Å². The molecule has 0 radical (unpaired) electrons. The number of benzene rings is 1. The largest absolute Gasteiger partial charge is 0.382 e. The van der Waals surface area contributed by atoms with E-state index in [1.54, 1.807) is 12.1 Å². The minimum atomic E-state index is 0.492. The lowest BCUT2D eigenvalue weighted by atomic mass is 9.95. The van der Waals surface area contributed by atoms with Gasteiger partial charge in [0.05, 0.1) is 0 Å². The molecule has 86 valence electrons. The SMILES string of the molecule is O=Cc1ccc(Cl)cc1NC1CCCCC1. The maximum absolute atomic E-state index is 10.9. The van der Waals surface area contributed by atoms with Crippen LogP contribution in [-0.4, -0.2) is 12.3 Å². The molecular weight excluding hydrogens is 222 g/mol. The van der Waals surface area contributed by atoms with Gasteiger partial charge < -0.3 is 5.32 Å². The van der Waals surface area contributed by atoms with E-state index in [-0.39, 0.29) is 0 Å². The summed E-state index contributed by atoms with van der Waals surface area (Å²) in [7, 11) is 0. The second kappa shape index (κ2) is 5.35. The highest BCUT2D eigenvalue weighted by molar-refractivity contribution is 6.31. The molecule has 0 bridgehead atoms. The van der Waals surface area contributed by atoms with Crippen molar-refractivity contribution in [3.8, 4) is 0 Å². The predicted molar refractivity (Wildman–Crippen MR) is 67.3 cm³/mol. The fourth-order valence-electron chi connectivity index (χ4n) is 2.22. The van der Waals surface area contributed by atoms with Gasteiger partial charge in [0.15, 0.2) is 6.29 Å². The molecule has 0 unspecified atom stereocenters. The van der Waals surface area contributed by atoms with Gasteiger partial charge in [-0.2, -0.15) is 0 Å². The molecule has 1 aliphatic carbocycles. The average Bonchev–Trinajstić information content (AvgIpc) is 2.31. The van der Waals surface area contributed by atoms with E-state index in [9.17, 15) is 4.79 Å². The molecule has 0 aromatic heterocycles. The van der Waals surface area contributed by atoms with Crippen LogP contribution in [-0.2, 0) is 0 Å². The van der Waals surface area contributed by atoms with E-state index < -0.39 is 0 Å². The molecule has 0 aliphatic heterocycles. The average molecular weight is 238 g/mol. The van der Waals surface area contributed by atoms with Crippen LogP contribution in [0.3, 0.4) is 0 Å². The molecule has 1 aromatic carbocycles. The highest BCUT2D eigenvalue weighted by Gasteiger charge is 2.14. The van der Waals surface area contributed by atoms with Gasteiger partial charge in [-0.05, 0) is 31.0 Å². The Morgan fingerprint density at radius 2 is 2.00 bits per heavy atom. The molecule has 1 N–H and O–H groups in total. The monoisotopic (exact) mass is 237 g/mol. The van der Waals surface area contributed by atoms with Crippen molar-refractivity contribution in [2.75, 3.05) is 5.32 Å². The van der Waals surface area contributed by atoms with Crippen LogP contribution in [0.15, 0.2) is 18.2 Å². The number of hydrogen-bond donors (Lipinski definition) is 1. The first kappa shape index (κ1) is 11.5. The van der Waals surface area contributed by atoms with E-state index in [4.69, 9.17) is 11.6 Å². The highest BCUT2D eigenvalue weighted by atomic mass is 35.5. The second-order valence-electron chi connectivity index (χ2n) is 4.33. The minimum absolute atomic E-state index is 0.492. The van der Waals surface area contributed by atoms with Crippen LogP contribution in [0.1, 0.15) is 42.5 Å². The van der Waals surface area contributed by atoms with Gasteiger partial charge >= 0.3 is 0 Å². The zero-order valence-electron chi connectivity index (χ0n) is 9.21. The van der Waals surface area contributed by atoms with Crippen molar-refractivity contribution < 1.29 is 4.79 Å². The van der Waals surface area contributed by atoms with Crippen molar-refractivity contribution in [1.29, 1.82) is 0 Å². The number of rotatable bonds is 3. The molecule has 2 nitrogen and oxygen atoms in total. The lowest BCUT2D eigenvalue weighted by molar-refractivity contribution is 0.112. The number of carbonyl (C=O) groups excluding carboxylic acids is 1. The van der Waals surface area contributed by atoms with Crippen LogP contribution < -0.4 is 5.32 Å². The van der Waals surface area contributed by atoms with E-state index >= 15 is 0 Å². The molecule has 0 atom stereocenters. The standard InChI is InChI=1S/C13H16ClNO/c14-11-7-6-10(9-16)13(8-11)15-12-4-2-1-3-5-12/h6-9,12,15H,1-5H2. The number of halogens is 1. The predicted octanol–water partition coefficient (Wildman–Crippen LogP) is 3.90. The topological polar surface area (TPSA) is 29.1 Å². The van der Waals surface area contributed by atoms with Gasteiger partial charge in [-0.25, -0.2) is 0 Å². The molecule has 1 fully saturated rings. The van der Waals surface area contributed by atoms with Crippen molar-refractivity contribution in [3.05, 3.63) is 28.8 Å². The summed E-state index contributed by atoms with van der Waals surface area (Å²) in [5.41, 5.74) is 1.56. The summed E-state index contributed by atoms with van der Waals surface area (Å²) in [6, 6.07) is 5.84. The van der Waals surface area contributed by atoms with E-state index in [2.05, 4.69) is 5.32 Å². The maximum Gasteiger partial charge on any atom is 0.152 e. The molecule has 3 heteroatoms. The molecule has 2 rings (SSSR count). The van der Waals surface area contributed by atoms with Crippen LogP contribution in [0.5, 0.6) is 0 Å². The Morgan fingerprint density at radius 3 is 2.69 bits per heavy atom. The van der Waals surface area contributed by atoms with Crippen LogP contribution >= 0.6 is 11.6 Å². The molecule has 0 saturated heterocycles. The smallest absolute Gasteiger partial charge is 0.152 e. The summed E-state index contributed by atoms with van der Waals surface area (Å²) in [4.78, 5) is 10.9. The van der Waals surface area contributed by atoms with E-state index in [0.717, 1.165) is 12.0 Å². The summed E-state index contributed by atoms with van der Waals surface area (Å²) in [5.74, 6) is 0. The zero-order chi connectivity index (χ0) is 11.4. The van der Waals surface area contributed by atoms with Crippen molar-refractivity contribution in [1.82, 2.24) is 0 Å². The lowest BCUT2D eigenvalue weighted by Gasteiger charge is -2.24. The summed E-state index contributed by atoms with van der Waals surface area (Å²) in [6.07, 6.45) is 7.12. The van der Waals surface area contributed by atoms with Gasteiger partial charge in [-0.1, -0.05) is 30.9 Å². The third-order valence-electron chi connectivity index (χ3n) is 3.11. The van der Waals surface area contributed by atoms with E-state index in [0.29, 0.717) is 16.6 Å². The summed E-state index contributed by atoms with van der Waals surface area (Å²) in [5, 5.41) is 4.10. The van der Waals surface area contributed by atoms with Gasteiger partial charge in [-0.15, -0.1) is 0 Å². The van der Waals surface area contributed by atoms with Crippen LogP contribution in [0.4, 0.5) is 5.69 Å². The van der Waals surface area contributed by atoms with Crippen LogP contribution in [0, 0.1) is 0 Å². The first-order valence-corrected chi connectivity index (χ1v) is 6.18. The number of nitrogens with one attached hydrogen (secondary N) is 1. The van der Waals surface area contributed by atoms with Gasteiger partial charge in [0.2, 0.25) is 0 Å². The second-order valence-corrected chi connectivity index (χ2v) is 4.77. The number of carbonyl (C=O) groups is 1. The summed E-state index contributed by atoms with van der Waals surface area (Å²) in [6.45, 7) is 0. The molecular formula is C13H16ClNO. The maximum atomic E-state index is 10.9. The molecule has 1 saturated carbocycles. The molecule has 1 aliphatic rings. The Kier molecular flexibility index (Phi) is 3.83. The number of hydrogen-bond acceptors (Lipinski definition) is 2. The Bertz CT molecular complexity index is 372. The minimum Gasteiger partial charge on any atom is -0.382 e. The first-order chi connectivity index (χ1) is 7.79. The fraction of sp³-hybridized carbons (Fsp3) is 0.462. The Balaban J connectivity index is 2.12. The zero-order valence-corrected chi connectivity index (χ0v) is 9.96. The Hall–Kier alpha value is -1.02. The number of anilines is 1. The lowest BCUT2D eigenvalue weighted by Crippen LogP contribution is -2.22. The normalized spacial score (nSPS) is 17.1. The molecule has 0 amide bonds. The molecule has 1 aromatic rings. The summed E-state index contributed by atoms with van der Waals surface area (Å²) >= 11 is 5.94. The molecule has 0 spiro atoms. The van der Waals surface area contributed by atoms with Gasteiger partial charge in [0, 0.05) is 22.3 Å². The Morgan fingerprint density at radius 1 is 1.25 bits per heavy atom.